The van der Waals surface area contributed by atoms with Gasteiger partial charge in [0.25, 0.3) is 5.91 Å². The van der Waals surface area contributed by atoms with Crippen molar-refractivity contribution >= 4 is 17.5 Å². The molecular formula is C22H24N4O2. The highest BCUT2D eigenvalue weighted by atomic mass is 16.2. The summed E-state index contributed by atoms with van der Waals surface area (Å²) in [6.07, 6.45) is 5.27. The lowest BCUT2D eigenvalue weighted by Crippen LogP contribution is -2.47. The number of aromatic nitrogens is 2. The molecule has 1 atom stereocenters. The van der Waals surface area contributed by atoms with E-state index in [0.717, 1.165) is 11.3 Å². The van der Waals surface area contributed by atoms with Gasteiger partial charge in [-0.25, -0.2) is 4.98 Å². The molecule has 0 bridgehead atoms. The molecule has 28 heavy (non-hydrogen) atoms. The average molecular weight is 376 g/mol. The number of hydrogen-bond donors (Lipinski definition) is 2. The Morgan fingerprint density at radius 3 is 2.25 bits per heavy atom. The van der Waals surface area contributed by atoms with Crippen LogP contribution in [0.4, 0.5) is 5.69 Å². The molecule has 0 aliphatic heterocycles. The van der Waals surface area contributed by atoms with E-state index >= 15 is 0 Å². The number of aryl methyl sites for hydroxylation is 1. The van der Waals surface area contributed by atoms with Gasteiger partial charge in [-0.15, -0.1) is 0 Å². The zero-order valence-electron chi connectivity index (χ0n) is 16.2. The minimum Gasteiger partial charge on any atom is -0.340 e. The molecule has 0 spiro atoms. The first-order chi connectivity index (χ1) is 13.4. The third kappa shape index (κ3) is 4.65. The van der Waals surface area contributed by atoms with Gasteiger partial charge in [-0.2, -0.15) is 0 Å². The molecule has 2 amide bonds. The molecule has 0 saturated carbocycles. The molecule has 3 rings (SSSR count). The molecule has 0 radical (unpaired) electrons. The minimum absolute atomic E-state index is 0.0559. The summed E-state index contributed by atoms with van der Waals surface area (Å²) in [5.41, 5.74) is 3.23. The van der Waals surface area contributed by atoms with E-state index in [1.165, 1.54) is 0 Å². The van der Waals surface area contributed by atoms with Crippen LogP contribution >= 0.6 is 0 Å². The summed E-state index contributed by atoms with van der Waals surface area (Å²) in [4.78, 5) is 29.3. The van der Waals surface area contributed by atoms with Crippen molar-refractivity contribution in [2.45, 2.75) is 26.8 Å². The van der Waals surface area contributed by atoms with Gasteiger partial charge in [0, 0.05) is 29.3 Å². The first kappa shape index (κ1) is 19.4. The van der Waals surface area contributed by atoms with E-state index in [2.05, 4.69) is 15.6 Å². The number of anilines is 1. The van der Waals surface area contributed by atoms with Crippen LogP contribution in [0.5, 0.6) is 0 Å². The number of nitrogens with zero attached hydrogens (tertiary/aromatic N) is 2. The molecule has 2 N–H and O–H groups in total. The van der Waals surface area contributed by atoms with Gasteiger partial charge in [-0.05, 0) is 49.2 Å². The number of nitrogens with one attached hydrogen (secondary N) is 2. The van der Waals surface area contributed by atoms with E-state index < -0.39 is 6.04 Å². The lowest BCUT2D eigenvalue weighted by Gasteiger charge is -2.22. The van der Waals surface area contributed by atoms with Gasteiger partial charge in [0.2, 0.25) is 5.91 Å². The standard InChI is InChI=1S/C22H24N4O2/c1-15(2)20(25-21(27)17-6-4-16(3)5-7-17)22(28)24-18-8-10-19(11-9-18)26-13-12-23-14-26/h4-15,20H,1-3H3,(H,24,28)(H,25,27). The summed E-state index contributed by atoms with van der Waals surface area (Å²) in [6, 6.07) is 14.1. The van der Waals surface area contributed by atoms with E-state index in [0.29, 0.717) is 11.3 Å². The molecule has 2 aromatic carbocycles. The van der Waals surface area contributed by atoms with Gasteiger partial charge in [0.05, 0.1) is 6.33 Å². The number of hydrogen-bond acceptors (Lipinski definition) is 3. The Morgan fingerprint density at radius 2 is 1.68 bits per heavy atom. The normalized spacial score (nSPS) is 11.9. The highest BCUT2D eigenvalue weighted by molar-refractivity contribution is 6.01. The number of rotatable bonds is 6. The van der Waals surface area contributed by atoms with Crippen LogP contribution < -0.4 is 10.6 Å². The van der Waals surface area contributed by atoms with Gasteiger partial charge in [-0.3, -0.25) is 9.59 Å². The van der Waals surface area contributed by atoms with Crippen molar-refractivity contribution in [3.8, 4) is 5.69 Å². The fourth-order valence-corrected chi connectivity index (χ4v) is 2.81. The zero-order chi connectivity index (χ0) is 20.1. The van der Waals surface area contributed by atoms with Crippen molar-refractivity contribution in [1.29, 1.82) is 0 Å². The number of imidazole rings is 1. The fourth-order valence-electron chi connectivity index (χ4n) is 2.81. The Morgan fingerprint density at radius 1 is 1.00 bits per heavy atom. The second-order valence-corrected chi connectivity index (χ2v) is 7.07. The molecule has 0 aliphatic carbocycles. The Bertz CT molecular complexity index is 930. The monoisotopic (exact) mass is 376 g/mol. The molecule has 1 aromatic heterocycles. The van der Waals surface area contributed by atoms with Crippen molar-refractivity contribution in [2.75, 3.05) is 5.32 Å². The van der Waals surface area contributed by atoms with Crippen LogP contribution in [0.1, 0.15) is 29.8 Å². The Hall–Kier alpha value is -3.41. The van der Waals surface area contributed by atoms with Crippen LogP contribution in [0.2, 0.25) is 0 Å². The highest BCUT2D eigenvalue weighted by Gasteiger charge is 2.24. The first-order valence-corrected chi connectivity index (χ1v) is 9.21. The summed E-state index contributed by atoms with van der Waals surface area (Å²) in [5.74, 6) is -0.560. The van der Waals surface area contributed by atoms with E-state index in [-0.39, 0.29) is 17.7 Å². The predicted molar refractivity (Wildman–Crippen MR) is 109 cm³/mol. The summed E-state index contributed by atoms with van der Waals surface area (Å²) in [7, 11) is 0. The summed E-state index contributed by atoms with van der Waals surface area (Å²) in [5, 5.41) is 5.73. The lowest BCUT2D eigenvalue weighted by atomic mass is 10.0. The molecule has 1 heterocycles. The smallest absolute Gasteiger partial charge is 0.251 e. The second-order valence-electron chi connectivity index (χ2n) is 7.07. The molecule has 6 nitrogen and oxygen atoms in total. The molecule has 0 aliphatic rings. The van der Waals surface area contributed by atoms with E-state index in [1.807, 2.05) is 67.9 Å². The largest absolute Gasteiger partial charge is 0.340 e. The lowest BCUT2D eigenvalue weighted by molar-refractivity contribution is -0.118. The minimum atomic E-state index is -0.637. The third-order valence-electron chi connectivity index (χ3n) is 4.49. The van der Waals surface area contributed by atoms with Crippen LogP contribution in [0.15, 0.2) is 67.3 Å². The number of carbonyl (C=O) groups excluding carboxylic acids is 2. The Labute approximate surface area is 164 Å². The summed E-state index contributed by atoms with van der Waals surface area (Å²) < 4.78 is 1.88. The first-order valence-electron chi connectivity index (χ1n) is 9.21. The van der Waals surface area contributed by atoms with Crippen LogP contribution in [-0.2, 0) is 4.79 Å². The maximum Gasteiger partial charge on any atom is 0.251 e. The predicted octanol–water partition coefficient (Wildman–Crippen LogP) is 3.57. The Balaban J connectivity index is 1.67. The molecule has 6 heteroatoms. The van der Waals surface area contributed by atoms with Gasteiger partial charge >= 0.3 is 0 Å². The molecule has 0 saturated heterocycles. The SMILES string of the molecule is Cc1ccc(C(=O)NC(C(=O)Nc2ccc(-n3ccnc3)cc2)C(C)C)cc1. The molecule has 3 aromatic rings. The maximum atomic E-state index is 12.7. The van der Waals surface area contributed by atoms with Gasteiger partial charge in [-0.1, -0.05) is 31.5 Å². The van der Waals surface area contributed by atoms with Crippen LogP contribution in [0, 0.1) is 12.8 Å². The van der Waals surface area contributed by atoms with Gasteiger partial charge in [0.1, 0.15) is 6.04 Å². The molecule has 144 valence electrons. The van der Waals surface area contributed by atoms with Crippen molar-refractivity contribution in [1.82, 2.24) is 14.9 Å². The zero-order valence-corrected chi connectivity index (χ0v) is 16.2. The summed E-state index contributed by atoms with van der Waals surface area (Å²) in [6.45, 7) is 5.77. The average Bonchev–Trinajstić information content (AvgIpc) is 3.21. The maximum absolute atomic E-state index is 12.7. The highest BCUT2D eigenvalue weighted by Crippen LogP contribution is 2.15. The van der Waals surface area contributed by atoms with Crippen molar-refractivity contribution < 1.29 is 9.59 Å². The molecule has 1 unspecified atom stereocenters. The van der Waals surface area contributed by atoms with Crippen molar-refractivity contribution in [3.63, 3.8) is 0 Å². The molecule has 0 fully saturated rings. The number of benzene rings is 2. The number of carbonyl (C=O) groups is 2. The van der Waals surface area contributed by atoms with Crippen LogP contribution in [0.25, 0.3) is 5.69 Å². The van der Waals surface area contributed by atoms with E-state index in [1.54, 1.807) is 24.7 Å². The van der Waals surface area contributed by atoms with E-state index in [9.17, 15) is 9.59 Å². The summed E-state index contributed by atoms with van der Waals surface area (Å²) >= 11 is 0. The fraction of sp³-hybridized carbons (Fsp3) is 0.227. The van der Waals surface area contributed by atoms with E-state index in [4.69, 9.17) is 0 Å². The van der Waals surface area contributed by atoms with Crippen LogP contribution in [0.3, 0.4) is 0 Å². The topological polar surface area (TPSA) is 76.0 Å². The van der Waals surface area contributed by atoms with Crippen LogP contribution in [-0.4, -0.2) is 27.4 Å². The van der Waals surface area contributed by atoms with Crippen molar-refractivity contribution in [3.05, 3.63) is 78.4 Å². The third-order valence-corrected chi connectivity index (χ3v) is 4.49. The number of amides is 2. The van der Waals surface area contributed by atoms with Gasteiger partial charge < -0.3 is 15.2 Å². The van der Waals surface area contributed by atoms with Gasteiger partial charge in [0.15, 0.2) is 0 Å². The Kier molecular flexibility index (Phi) is 5.89. The molecular weight excluding hydrogens is 352 g/mol. The van der Waals surface area contributed by atoms with Crippen molar-refractivity contribution in [2.24, 2.45) is 5.92 Å². The second kappa shape index (κ2) is 8.52. The quantitative estimate of drug-likeness (QED) is 0.690.